The molecule has 1 saturated heterocycles. The SMILES string of the molecule is COc1ccc(N2C(=N)S/C(=C\c3cccc(Br)c3)C2=O)cc1. The highest BCUT2D eigenvalue weighted by molar-refractivity contribution is 9.10. The molecule has 1 aliphatic heterocycles. The minimum atomic E-state index is -0.190. The number of amidine groups is 1. The molecule has 6 heteroatoms. The number of benzene rings is 2. The Morgan fingerprint density at radius 2 is 1.96 bits per heavy atom. The number of methoxy groups -OCH3 is 1. The van der Waals surface area contributed by atoms with Crippen LogP contribution in [0.5, 0.6) is 5.75 Å². The third-order valence-corrected chi connectivity index (χ3v) is 4.68. The molecule has 4 nitrogen and oxygen atoms in total. The van der Waals surface area contributed by atoms with Crippen LogP contribution in [0.3, 0.4) is 0 Å². The topological polar surface area (TPSA) is 53.4 Å². The van der Waals surface area contributed by atoms with Gasteiger partial charge >= 0.3 is 0 Å². The maximum Gasteiger partial charge on any atom is 0.271 e. The molecule has 0 aromatic heterocycles. The fourth-order valence-corrected chi connectivity index (χ4v) is 3.48. The summed E-state index contributed by atoms with van der Waals surface area (Å²) in [4.78, 5) is 14.5. The Labute approximate surface area is 146 Å². The lowest BCUT2D eigenvalue weighted by Crippen LogP contribution is -2.27. The van der Waals surface area contributed by atoms with E-state index in [-0.39, 0.29) is 11.1 Å². The molecular formula is C17H13BrN2O2S. The summed E-state index contributed by atoms with van der Waals surface area (Å²) in [5.74, 6) is 0.523. The molecule has 2 aromatic carbocycles. The Morgan fingerprint density at radius 1 is 1.22 bits per heavy atom. The first kappa shape index (κ1) is 15.8. The van der Waals surface area contributed by atoms with Crippen molar-refractivity contribution in [1.29, 1.82) is 5.41 Å². The summed E-state index contributed by atoms with van der Waals surface area (Å²) in [6.07, 6.45) is 1.80. The van der Waals surface area contributed by atoms with Gasteiger partial charge in [-0.1, -0.05) is 28.1 Å². The quantitative estimate of drug-likeness (QED) is 0.786. The minimum absolute atomic E-state index is 0.190. The second-order valence-electron chi connectivity index (χ2n) is 4.81. The normalized spacial score (nSPS) is 16.3. The highest BCUT2D eigenvalue weighted by Crippen LogP contribution is 2.35. The molecule has 3 rings (SSSR count). The lowest BCUT2D eigenvalue weighted by Gasteiger charge is -2.14. The first-order valence-electron chi connectivity index (χ1n) is 6.80. The van der Waals surface area contributed by atoms with Crippen LogP contribution < -0.4 is 9.64 Å². The van der Waals surface area contributed by atoms with E-state index >= 15 is 0 Å². The van der Waals surface area contributed by atoms with Gasteiger partial charge in [0.25, 0.3) is 5.91 Å². The Bertz CT molecular complexity index is 802. The van der Waals surface area contributed by atoms with Gasteiger partial charge in [0.2, 0.25) is 0 Å². The maximum absolute atomic E-state index is 12.6. The number of carbonyl (C=O) groups excluding carboxylic acids is 1. The second kappa shape index (κ2) is 6.60. The van der Waals surface area contributed by atoms with Gasteiger partial charge in [0.15, 0.2) is 5.17 Å². The Kier molecular flexibility index (Phi) is 4.54. The molecule has 0 atom stereocenters. The largest absolute Gasteiger partial charge is 0.497 e. The van der Waals surface area contributed by atoms with Gasteiger partial charge in [0, 0.05) is 4.47 Å². The molecule has 0 unspecified atom stereocenters. The molecule has 0 aliphatic carbocycles. The van der Waals surface area contributed by atoms with Crippen molar-refractivity contribution in [2.24, 2.45) is 0 Å². The number of halogens is 1. The summed E-state index contributed by atoms with van der Waals surface area (Å²) < 4.78 is 6.07. The van der Waals surface area contributed by atoms with Crippen LogP contribution in [-0.2, 0) is 4.79 Å². The predicted molar refractivity (Wildman–Crippen MR) is 97.9 cm³/mol. The standard InChI is InChI=1S/C17H13BrN2O2S/c1-22-14-7-5-13(6-8-14)20-16(21)15(23-17(20)19)10-11-3-2-4-12(18)9-11/h2-10,19H,1H3/b15-10-,19-17?. The van der Waals surface area contributed by atoms with Crippen molar-refractivity contribution < 1.29 is 9.53 Å². The van der Waals surface area contributed by atoms with Crippen molar-refractivity contribution in [3.63, 3.8) is 0 Å². The molecule has 1 heterocycles. The third kappa shape index (κ3) is 3.33. The monoisotopic (exact) mass is 388 g/mol. The van der Waals surface area contributed by atoms with Gasteiger partial charge in [-0.15, -0.1) is 0 Å². The van der Waals surface area contributed by atoms with Crippen molar-refractivity contribution in [2.45, 2.75) is 0 Å². The van der Waals surface area contributed by atoms with Crippen LogP contribution >= 0.6 is 27.7 Å². The number of carbonyl (C=O) groups is 1. The summed E-state index contributed by atoms with van der Waals surface area (Å²) in [7, 11) is 1.59. The first-order valence-corrected chi connectivity index (χ1v) is 8.41. The molecule has 0 spiro atoms. The second-order valence-corrected chi connectivity index (χ2v) is 6.76. The highest BCUT2D eigenvalue weighted by atomic mass is 79.9. The number of hydrogen-bond acceptors (Lipinski definition) is 4. The number of thioether (sulfide) groups is 1. The van der Waals surface area contributed by atoms with Crippen LogP contribution in [0.4, 0.5) is 5.69 Å². The number of rotatable bonds is 3. The van der Waals surface area contributed by atoms with E-state index in [4.69, 9.17) is 10.1 Å². The van der Waals surface area contributed by atoms with Crippen molar-refractivity contribution in [2.75, 3.05) is 12.0 Å². The number of hydrogen-bond donors (Lipinski definition) is 1. The summed E-state index contributed by atoms with van der Waals surface area (Å²) in [5.41, 5.74) is 1.57. The van der Waals surface area contributed by atoms with Gasteiger partial charge in [0.1, 0.15) is 5.75 Å². The molecular weight excluding hydrogens is 376 g/mol. The van der Waals surface area contributed by atoms with Gasteiger partial charge < -0.3 is 4.74 Å². The van der Waals surface area contributed by atoms with Crippen LogP contribution in [0.2, 0.25) is 0 Å². The molecule has 0 bridgehead atoms. The molecule has 1 fully saturated rings. The number of nitrogens with one attached hydrogen (secondary N) is 1. The lowest BCUT2D eigenvalue weighted by molar-refractivity contribution is -0.113. The van der Waals surface area contributed by atoms with Crippen molar-refractivity contribution >= 4 is 50.5 Å². The fourth-order valence-electron chi connectivity index (χ4n) is 2.20. The van der Waals surface area contributed by atoms with Crippen LogP contribution in [0.15, 0.2) is 57.9 Å². The number of anilines is 1. The Hall–Kier alpha value is -2.05. The molecule has 1 amide bonds. The highest BCUT2D eigenvalue weighted by Gasteiger charge is 2.33. The fraction of sp³-hybridized carbons (Fsp3) is 0.0588. The molecule has 116 valence electrons. The summed E-state index contributed by atoms with van der Waals surface area (Å²) in [5, 5.41) is 8.29. The molecule has 23 heavy (non-hydrogen) atoms. The van der Waals surface area contributed by atoms with Crippen LogP contribution in [0.1, 0.15) is 5.56 Å². The number of nitrogens with zero attached hydrogens (tertiary/aromatic N) is 1. The smallest absolute Gasteiger partial charge is 0.271 e. The van der Waals surface area contributed by atoms with E-state index in [1.54, 1.807) is 37.5 Å². The van der Waals surface area contributed by atoms with Gasteiger partial charge in [-0.05, 0) is 59.8 Å². The average molecular weight is 389 g/mol. The van der Waals surface area contributed by atoms with Crippen molar-refractivity contribution in [1.82, 2.24) is 0 Å². The zero-order valence-corrected chi connectivity index (χ0v) is 14.6. The Morgan fingerprint density at radius 3 is 2.61 bits per heavy atom. The zero-order valence-electron chi connectivity index (χ0n) is 12.2. The van der Waals surface area contributed by atoms with E-state index in [1.807, 2.05) is 24.3 Å². The van der Waals surface area contributed by atoms with E-state index in [1.165, 1.54) is 4.90 Å². The van der Waals surface area contributed by atoms with E-state index < -0.39 is 0 Å². The minimum Gasteiger partial charge on any atom is -0.497 e. The third-order valence-electron chi connectivity index (χ3n) is 3.30. The predicted octanol–water partition coefficient (Wildman–Crippen LogP) is 4.51. The van der Waals surface area contributed by atoms with Crippen LogP contribution in [-0.4, -0.2) is 18.2 Å². The van der Waals surface area contributed by atoms with Gasteiger partial charge in [-0.3, -0.25) is 15.1 Å². The molecule has 2 aromatic rings. The van der Waals surface area contributed by atoms with Crippen LogP contribution in [0.25, 0.3) is 6.08 Å². The number of amides is 1. The lowest BCUT2D eigenvalue weighted by atomic mass is 10.2. The van der Waals surface area contributed by atoms with E-state index in [9.17, 15) is 4.79 Å². The van der Waals surface area contributed by atoms with Gasteiger partial charge in [-0.25, -0.2) is 0 Å². The zero-order chi connectivity index (χ0) is 16.4. The molecule has 0 radical (unpaired) electrons. The van der Waals surface area contributed by atoms with Gasteiger partial charge in [0.05, 0.1) is 17.7 Å². The first-order chi connectivity index (χ1) is 11.1. The van der Waals surface area contributed by atoms with Crippen molar-refractivity contribution in [3.05, 3.63) is 63.5 Å². The summed E-state index contributed by atoms with van der Waals surface area (Å²) in [6, 6.07) is 14.8. The van der Waals surface area contributed by atoms with E-state index in [0.29, 0.717) is 16.3 Å². The van der Waals surface area contributed by atoms with E-state index in [2.05, 4.69) is 15.9 Å². The van der Waals surface area contributed by atoms with E-state index in [0.717, 1.165) is 21.8 Å². The molecule has 0 saturated carbocycles. The van der Waals surface area contributed by atoms with Crippen molar-refractivity contribution in [3.8, 4) is 5.75 Å². The summed E-state index contributed by atoms with van der Waals surface area (Å²) >= 11 is 4.58. The van der Waals surface area contributed by atoms with Crippen LogP contribution in [0, 0.1) is 5.41 Å². The molecule has 1 aliphatic rings. The summed E-state index contributed by atoms with van der Waals surface area (Å²) in [6.45, 7) is 0. The van der Waals surface area contributed by atoms with Gasteiger partial charge in [-0.2, -0.15) is 0 Å². The number of ether oxygens (including phenoxy) is 1. The Balaban J connectivity index is 1.90. The average Bonchev–Trinajstić information content (AvgIpc) is 2.81. The molecule has 1 N–H and O–H groups in total. The maximum atomic E-state index is 12.6.